The van der Waals surface area contributed by atoms with Gasteiger partial charge < -0.3 is 10.4 Å². The average Bonchev–Trinajstić information content (AvgIpc) is 2.64. The Morgan fingerprint density at radius 1 is 1.44 bits per heavy atom. The van der Waals surface area contributed by atoms with Crippen molar-refractivity contribution in [3.05, 3.63) is 29.6 Å². The Morgan fingerprint density at radius 3 is 3.00 bits per heavy atom. The van der Waals surface area contributed by atoms with Crippen molar-refractivity contribution in [1.82, 2.24) is 10.3 Å². The lowest BCUT2D eigenvalue weighted by Gasteiger charge is -2.10. The predicted octanol–water partition coefficient (Wildman–Crippen LogP) is 1.64. The van der Waals surface area contributed by atoms with E-state index in [9.17, 15) is 5.11 Å². The molecule has 2 unspecified atom stereocenters. The van der Waals surface area contributed by atoms with E-state index >= 15 is 0 Å². The van der Waals surface area contributed by atoms with Gasteiger partial charge in [-0.25, -0.2) is 0 Å². The highest BCUT2D eigenvalue weighted by Crippen LogP contribution is 2.24. The highest BCUT2D eigenvalue weighted by molar-refractivity contribution is 5.16. The molecule has 1 saturated carbocycles. The zero-order valence-corrected chi connectivity index (χ0v) is 9.82. The van der Waals surface area contributed by atoms with E-state index in [1.807, 2.05) is 12.4 Å². The average molecular weight is 220 g/mol. The number of hydrogen-bond acceptors (Lipinski definition) is 3. The van der Waals surface area contributed by atoms with Crippen molar-refractivity contribution in [1.29, 1.82) is 0 Å². The van der Waals surface area contributed by atoms with Crippen LogP contribution in [0.4, 0.5) is 0 Å². The molecular weight excluding hydrogens is 200 g/mol. The van der Waals surface area contributed by atoms with Crippen LogP contribution in [0.2, 0.25) is 0 Å². The molecule has 0 aliphatic heterocycles. The van der Waals surface area contributed by atoms with E-state index in [1.54, 1.807) is 0 Å². The molecule has 1 aromatic heterocycles. The first-order chi connectivity index (χ1) is 7.74. The third-order valence-corrected chi connectivity index (χ3v) is 3.21. The molecule has 0 spiro atoms. The van der Waals surface area contributed by atoms with Crippen LogP contribution in [0.1, 0.15) is 30.4 Å². The van der Waals surface area contributed by atoms with Crippen molar-refractivity contribution in [2.45, 2.75) is 38.8 Å². The van der Waals surface area contributed by atoms with E-state index in [-0.39, 0.29) is 6.10 Å². The van der Waals surface area contributed by atoms with Gasteiger partial charge in [0.25, 0.3) is 0 Å². The maximum absolute atomic E-state index is 9.41. The summed E-state index contributed by atoms with van der Waals surface area (Å²) in [5, 5.41) is 12.9. The molecule has 1 fully saturated rings. The van der Waals surface area contributed by atoms with E-state index in [2.05, 4.69) is 23.3 Å². The molecule has 1 aliphatic carbocycles. The summed E-state index contributed by atoms with van der Waals surface area (Å²) in [6.07, 6.45) is 6.80. The highest BCUT2D eigenvalue weighted by Gasteiger charge is 2.21. The maximum Gasteiger partial charge on any atom is 0.0543 e. The predicted molar refractivity (Wildman–Crippen MR) is 64.0 cm³/mol. The quantitative estimate of drug-likeness (QED) is 0.811. The summed E-state index contributed by atoms with van der Waals surface area (Å²) in [5.41, 5.74) is 2.44. The molecule has 0 amide bonds. The number of aliphatic hydroxyl groups is 1. The minimum atomic E-state index is -0.0626. The van der Waals surface area contributed by atoms with Crippen LogP contribution < -0.4 is 5.32 Å². The number of hydrogen-bond donors (Lipinski definition) is 2. The number of nitrogens with one attached hydrogen (secondary N) is 1. The van der Waals surface area contributed by atoms with Crippen LogP contribution in [-0.2, 0) is 6.54 Å². The highest BCUT2D eigenvalue weighted by atomic mass is 16.3. The summed E-state index contributed by atoms with van der Waals surface area (Å²) in [6, 6.07) is 2.16. The van der Waals surface area contributed by atoms with Crippen molar-refractivity contribution in [3.8, 4) is 0 Å². The SMILES string of the molecule is Cc1cncc(CNCC2CCC(O)C2)c1. The van der Waals surface area contributed by atoms with Crippen LogP contribution in [0.15, 0.2) is 18.5 Å². The smallest absolute Gasteiger partial charge is 0.0543 e. The van der Waals surface area contributed by atoms with Crippen LogP contribution in [0.3, 0.4) is 0 Å². The van der Waals surface area contributed by atoms with Crippen LogP contribution >= 0.6 is 0 Å². The van der Waals surface area contributed by atoms with Gasteiger partial charge in [0.05, 0.1) is 6.10 Å². The van der Waals surface area contributed by atoms with E-state index in [4.69, 9.17) is 0 Å². The zero-order valence-electron chi connectivity index (χ0n) is 9.82. The van der Waals surface area contributed by atoms with Crippen molar-refractivity contribution in [3.63, 3.8) is 0 Å². The minimum Gasteiger partial charge on any atom is -0.393 e. The summed E-state index contributed by atoms with van der Waals surface area (Å²) >= 11 is 0. The minimum absolute atomic E-state index is 0.0626. The Morgan fingerprint density at radius 2 is 2.31 bits per heavy atom. The molecule has 0 radical (unpaired) electrons. The lowest BCUT2D eigenvalue weighted by Crippen LogP contribution is -2.21. The van der Waals surface area contributed by atoms with Gasteiger partial charge in [0.2, 0.25) is 0 Å². The molecule has 2 atom stereocenters. The van der Waals surface area contributed by atoms with Gasteiger partial charge in [-0.1, -0.05) is 6.07 Å². The van der Waals surface area contributed by atoms with Gasteiger partial charge in [-0.2, -0.15) is 0 Å². The molecule has 2 N–H and O–H groups in total. The fourth-order valence-corrected chi connectivity index (χ4v) is 2.37. The molecule has 1 aliphatic rings. The Labute approximate surface area is 96.9 Å². The van der Waals surface area contributed by atoms with Crippen LogP contribution in [0.25, 0.3) is 0 Å². The number of aliphatic hydroxyl groups excluding tert-OH is 1. The molecule has 0 saturated heterocycles. The molecule has 1 aromatic rings. The topological polar surface area (TPSA) is 45.2 Å². The Hall–Kier alpha value is -0.930. The molecule has 0 bridgehead atoms. The molecule has 3 nitrogen and oxygen atoms in total. The van der Waals surface area contributed by atoms with E-state index in [0.717, 1.165) is 32.4 Å². The van der Waals surface area contributed by atoms with Gasteiger partial charge in [0.15, 0.2) is 0 Å². The van der Waals surface area contributed by atoms with Crippen LogP contribution in [0.5, 0.6) is 0 Å². The summed E-state index contributed by atoms with van der Waals surface area (Å²) < 4.78 is 0. The lowest BCUT2D eigenvalue weighted by molar-refractivity contribution is 0.177. The second-order valence-electron chi connectivity index (χ2n) is 4.83. The number of aromatic nitrogens is 1. The van der Waals surface area contributed by atoms with Gasteiger partial charge >= 0.3 is 0 Å². The monoisotopic (exact) mass is 220 g/mol. The Balaban J connectivity index is 1.72. The molecule has 16 heavy (non-hydrogen) atoms. The Kier molecular flexibility index (Phi) is 3.91. The molecule has 88 valence electrons. The second kappa shape index (κ2) is 5.41. The number of pyridine rings is 1. The first-order valence-corrected chi connectivity index (χ1v) is 6.03. The fraction of sp³-hybridized carbons (Fsp3) is 0.615. The second-order valence-corrected chi connectivity index (χ2v) is 4.83. The number of rotatable bonds is 4. The van der Waals surface area contributed by atoms with Gasteiger partial charge in [-0.3, -0.25) is 4.98 Å². The van der Waals surface area contributed by atoms with Crippen molar-refractivity contribution < 1.29 is 5.11 Å². The third kappa shape index (κ3) is 3.29. The summed E-state index contributed by atoms with van der Waals surface area (Å²) in [6.45, 7) is 3.94. The summed E-state index contributed by atoms with van der Waals surface area (Å²) in [7, 11) is 0. The van der Waals surface area contributed by atoms with E-state index < -0.39 is 0 Å². The van der Waals surface area contributed by atoms with Crippen molar-refractivity contribution >= 4 is 0 Å². The van der Waals surface area contributed by atoms with Gasteiger partial charge in [-0.05, 0) is 49.8 Å². The van der Waals surface area contributed by atoms with Crippen LogP contribution in [0, 0.1) is 12.8 Å². The Bertz CT molecular complexity index is 340. The van der Waals surface area contributed by atoms with E-state index in [0.29, 0.717) is 5.92 Å². The number of nitrogens with zero attached hydrogens (tertiary/aromatic N) is 1. The first-order valence-electron chi connectivity index (χ1n) is 6.03. The normalized spacial score (nSPS) is 24.9. The van der Waals surface area contributed by atoms with Crippen LogP contribution in [-0.4, -0.2) is 22.7 Å². The van der Waals surface area contributed by atoms with Crippen molar-refractivity contribution in [2.24, 2.45) is 5.92 Å². The van der Waals surface area contributed by atoms with Gasteiger partial charge in [0.1, 0.15) is 0 Å². The molecule has 0 aromatic carbocycles. The number of aryl methyl sites for hydroxylation is 1. The molecule has 1 heterocycles. The molecule has 3 heteroatoms. The van der Waals surface area contributed by atoms with Gasteiger partial charge in [-0.15, -0.1) is 0 Å². The van der Waals surface area contributed by atoms with Gasteiger partial charge in [0, 0.05) is 18.9 Å². The maximum atomic E-state index is 9.41. The molecule has 2 rings (SSSR count). The van der Waals surface area contributed by atoms with Crippen molar-refractivity contribution in [2.75, 3.05) is 6.54 Å². The first kappa shape index (κ1) is 11.6. The lowest BCUT2D eigenvalue weighted by atomic mass is 10.1. The summed E-state index contributed by atoms with van der Waals surface area (Å²) in [5.74, 6) is 0.646. The summed E-state index contributed by atoms with van der Waals surface area (Å²) in [4.78, 5) is 4.17. The fourth-order valence-electron chi connectivity index (χ4n) is 2.37. The van der Waals surface area contributed by atoms with E-state index in [1.165, 1.54) is 11.1 Å². The zero-order chi connectivity index (χ0) is 11.4. The third-order valence-electron chi connectivity index (χ3n) is 3.21. The largest absolute Gasteiger partial charge is 0.393 e. The molecular formula is C13H20N2O. The standard InChI is InChI=1S/C13H20N2O/c1-10-4-12(8-14-6-10)9-15-7-11-2-3-13(16)5-11/h4,6,8,11,13,15-16H,2-3,5,7,9H2,1H3.